The van der Waals surface area contributed by atoms with Crippen LogP contribution in [0.2, 0.25) is 5.02 Å². The van der Waals surface area contributed by atoms with E-state index in [-0.39, 0.29) is 0 Å². The highest BCUT2D eigenvalue weighted by atomic mass is 35.5. The summed E-state index contributed by atoms with van der Waals surface area (Å²) in [5.41, 5.74) is 1.16. The Kier molecular flexibility index (Phi) is 4.49. The van der Waals surface area contributed by atoms with Gasteiger partial charge in [0.2, 0.25) is 0 Å². The molecule has 2 unspecified atom stereocenters. The van der Waals surface area contributed by atoms with Crippen LogP contribution in [0.15, 0.2) is 18.2 Å². The maximum atomic E-state index is 6.07. The molecule has 0 spiro atoms. The molecule has 1 fully saturated rings. The molecule has 0 aromatic heterocycles. The number of ether oxygens (including phenoxy) is 1. The normalized spacial score (nSPS) is 25.1. The third kappa shape index (κ3) is 3.16. The molecule has 1 aliphatic heterocycles. The number of nitrogens with zero attached hydrogens (tertiary/aromatic N) is 1. The topological polar surface area (TPSA) is 24.5 Å². The Balaban J connectivity index is 2.14. The first-order chi connectivity index (χ1) is 8.60. The van der Waals surface area contributed by atoms with Gasteiger partial charge >= 0.3 is 0 Å². The second-order valence-electron chi connectivity index (χ2n) is 5.04. The molecule has 2 atom stereocenters. The van der Waals surface area contributed by atoms with E-state index in [9.17, 15) is 0 Å². The van der Waals surface area contributed by atoms with Crippen LogP contribution < -0.4 is 10.1 Å². The van der Waals surface area contributed by atoms with Gasteiger partial charge in [0, 0.05) is 42.3 Å². The first-order valence-corrected chi connectivity index (χ1v) is 6.77. The maximum Gasteiger partial charge on any atom is 0.123 e. The monoisotopic (exact) mass is 268 g/mol. The largest absolute Gasteiger partial charge is 0.496 e. The molecule has 1 aliphatic rings. The van der Waals surface area contributed by atoms with Crippen molar-refractivity contribution < 1.29 is 4.74 Å². The van der Waals surface area contributed by atoms with Crippen molar-refractivity contribution in [1.82, 2.24) is 10.2 Å². The minimum absolute atomic E-state index is 0.532. The van der Waals surface area contributed by atoms with Gasteiger partial charge in [0.05, 0.1) is 7.11 Å². The van der Waals surface area contributed by atoms with E-state index in [2.05, 4.69) is 24.1 Å². The van der Waals surface area contributed by atoms with Crippen LogP contribution in [0.3, 0.4) is 0 Å². The second kappa shape index (κ2) is 5.91. The second-order valence-corrected chi connectivity index (χ2v) is 5.48. The Morgan fingerprint density at radius 3 is 2.94 bits per heavy atom. The highest BCUT2D eigenvalue weighted by Crippen LogP contribution is 2.25. The van der Waals surface area contributed by atoms with E-state index in [4.69, 9.17) is 16.3 Å². The molecule has 1 N–H and O–H groups in total. The van der Waals surface area contributed by atoms with Gasteiger partial charge in [-0.3, -0.25) is 4.90 Å². The molecule has 1 aromatic rings. The minimum atomic E-state index is 0.532. The highest BCUT2D eigenvalue weighted by molar-refractivity contribution is 6.30. The summed E-state index contributed by atoms with van der Waals surface area (Å²) < 4.78 is 5.40. The summed E-state index contributed by atoms with van der Waals surface area (Å²) >= 11 is 6.07. The van der Waals surface area contributed by atoms with Crippen molar-refractivity contribution >= 4 is 11.6 Å². The van der Waals surface area contributed by atoms with E-state index in [1.165, 1.54) is 0 Å². The van der Waals surface area contributed by atoms with Gasteiger partial charge < -0.3 is 10.1 Å². The molecule has 0 aliphatic carbocycles. The van der Waals surface area contributed by atoms with Crippen molar-refractivity contribution in [2.45, 2.75) is 32.5 Å². The predicted molar refractivity (Wildman–Crippen MR) is 75.3 cm³/mol. The number of halogens is 1. The van der Waals surface area contributed by atoms with Gasteiger partial charge in [-0.25, -0.2) is 0 Å². The number of hydrogen-bond acceptors (Lipinski definition) is 3. The molecular weight excluding hydrogens is 248 g/mol. The summed E-state index contributed by atoms with van der Waals surface area (Å²) in [5.74, 6) is 0.915. The van der Waals surface area contributed by atoms with Crippen LogP contribution in [-0.4, -0.2) is 37.2 Å². The summed E-state index contributed by atoms with van der Waals surface area (Å²) in [6.45, 7) is 7.43. The van der Waals surface area contributed by atoms with Gasteiger partial charge in [-0.2, -0.15) is 0 Å². The highest BCUT2D eigenvalue weighted by Gasteiger charge is 2.23. The average molecular weight is 269 g/mol. The number of hydrogen-bond donors (Lipinski definition) is 1. The summed E-state index contributed by atoms with van der Waals surface area (Å²) in [6.07, 6.45) is 0. The van der Waals surface area contributed by atoms with E-state index in [0.717, 1.165) is 36.0 Å². The fourth-order valence-corrected chi connectivity index (χ4v) is 2.60. The molecule has 0 amide bonds. The molecule has 1 aromatic carbocycles. The average Bonchev–Trinajstić information content (AvgIpc) is 2.34. The summed E-state index contributed by atoms with van der Waals surface area (Å²) in [6, 6.07) is 6.87. The Hall–Kier alpha value is -0.770. The standard InChI is InChI=1S/C14H21ClN2O/c1-10-8-17(11(2)7-16-10)9-12-6-13(15)4-5-14(12)18-3/h4-6,10-11,16H,7-9H2,1-3H3. The predicted octanol–water partition coefficient (Wildman–Crippen LogP) is 2.53. The lowest BCUT2D eigenvalue weighted by atomic mass is 10.1. The van der Waals surface area contributed by atoms with Gasteiger partial charge in [0.1, 0.15) is 5.75 Å². The van der Waals surface area contributed by atoms with Crippen LogP contribution in [0, 0.1) is 0 Å². The number of rotatable bonds is 3. The van der Waals surface area contributed by atoms with Crippen LogP contribution in [0.5, 0.6) is 5.75 Å². The van der Waals surface area contributed by atoms with E-state index in [1.807, 2.05) is 18.2 Å². The molecule has 1 saturated heterocycles. The zero-order chi connectivity index (χ0) is 13.1. The molecule has 0 radical (unpaired) electrons. The Bertz CT molecular complexity index is 411. The van der Waals surface area contributed by atoms with Crippen LogP contribution in [0.4, 0.5) is 0 Å². The number of piperazine rings is 1. The van der Waals surface area contributed by atoms with Gasteiger partial charge in [0.25, 0.3) is 0 Å². The molecule has 0 bridgehead atoms. The zero-order valence-electron chi connectivity index (χ0n) is 11.2. The van der Waals surface area contributed by atoms with Crippen molar-refractivity contribution in [3.63, 3.8) is 0 Å². The Morgan fingerprint density at radius 1 is 1.44 bits per heavy atom. The lowest BCUT2D eigenvalue weighted by molar-refractivity contribution is 0.137. The number of nitrogens with one attached hydrogen (secondary N) is 1. The molecule has 18 heavy (non-hydrogen) atoms. The molecule has 0 saturated carbocycles. The first kappa shape index (κ1) is 13.7. The maximum absolute atomic E-state index is 6.07. The minimum Gasteiger partial charge on any atom is -0.496 e. The lowest BCUT2D eigenvalue weighted by Crippen LogP contribution is -2.53. The molecule has 4 heteroatoms. The van der Waals surface area contributed by atoms with Crippen molar-refractivity contribution in [3.8, 4) is 5.75 Å². The number of benzene rings is 1. The van der Waals surface area contributed by atoms with Gasteiger partial charge in [0.15, 0.2) is 0 Å². The Labute approximate surface area is 114 Å². The molecule has 1 heterocycles. The van der Waals surface area contributed by atoms with E-state index < -0.39 is 0 Å². The van der Waals surface area contributed by atoms with Crippen LogP contribution in [-0.2, 0) is 6.54 Å². The quantitative estimate of drug-likeness (QED) is 0.912. The van der Waals surface area contributed by atoms with Gasteiger partial charge in [-0.1, -0.05) is 11.6 Å². The fraction of sp³-hybridized carbons (Fsp3) is 0.571. The van der Waals surface area contributed by atoms with Crippen LogP contribution >= 0.6 is 11.6 Å². The Morgan fingerprint density at radius 2 is 2.22 bits per heavy atom. The van der Waals surface area contributed by atoms with Crippen molar-refractivity contribution in [2.24, 2.45) is 0 Å². The summed E-state index contributed by atoms with van der Waals surface area (Å²) in [5, 5.41) is 4.25. The van der Waals surface area contributed by atoms with E-state index >= 15 is 0 Å². The molecule has 2 rings (SSSR count). The molecule has 100 valence electrons. The first-order valence-electron chi connectivity index (χ1n) is 6.40. The summed E-state index contributed by atoms with van der Waals surface area (Å²) in [7, 11) is 1.70. The van der Waals surface area contributed by atoms with Gasteiger partial charge in [-0.15, -0.1) is 0 Å². The smallest absolute Gasteiger partial charge is 0.123 e. The molecular formula is C14H21ClN2O. The van der Waals surface area contributed by atoms with Crippen LogP contribution in [0.25, 0.3) is 0 Å². The summed E-state index contributed by atoms with van der Waals surface area (Å²) in [4.78, 5) is 2.47. The SMILES string of the molecule is COc1ccc(Cl)cc1CN1CC(C)NCC1C. The van der Waals surface area contributed by atoms with Gasteiger partial charge in [-0.05, 0) is 32.0 Å². The van der Waals surface area contributed by atoms with Crippen molar-refractivity contribution in [2.75, 3.05) is 20.2 Å². The third-order valence-corrected chi connectivity index (χ3v) is 3.74. The van der Waals surface area contributed by atoms with E-state index in [1.54, 1.807) is 7.11 Å². The molecule has 3 nitrogen and oxygen atoms in total. The zero-order valence-corrected chi connectivity index (χ0v) is 12.0. The number of methoxy groups -OCH3 is 1. The lowest BCUT2D eigenvalue weighted by Gasteiger charge is -2.37. The van der Waals surface area contributed by atoms with Crippen molar-refractivity contribution in [1.29, 1.82) is 0 Å². The van der Waals surface area contributed by atoms with Crippen LogP contribution in [0.1, 0.15) is 19.4 Å². The third-order valence-electron chi connectivity index (χ3n) is 3.51. The van der Waals surface area contributed by atoms with Crippen molar-refractivity contribution in [3.05, 3.63) is 28.8 Å². The fourth-order valence-electron chi connectivity index (χ4n) is 2.41. The van der Waals surface area contributed by atoms with E-state index in [0.29, 0.717) is 12.1 Å².